The Balaban J connectivity index is 1.30. The van der Waals surface area contributed by atoms with Crippen molar-refractivity contribution in [2.75, 3.05) is 18.5 Å². The Bertz CT molecular complexity index is 1430. The molecule has 5 rings (SSSR count). The topological polar surface area (TPSA) is 110 Å². The zero-order valence-corrected chi connectivity index (χ0v) is 20.5. The monoisotopic (exact) mass is 503 g/mol. The Hall–Kier alpha value is -3.98. The van der Waals surface area contributed by atoms with Gasteiger partial charge in [-0.2, -0.15) is 0 Å². The lowest BCUT2D eigenvalue weighted by Gasteiger charge is -2.23. The minimum atomic E-state index is -0.622. The zero-order chi connectivity index (χ0) is 25.1. The standard InChI is InChI=1S/C27H25N3O5S/c1-2-34-27(33)24-19-10-8-17(16-6-4-3-5-7-16)13-22(19)36-25(24)30-23(31)14-35-26(32)18-9-11-20-21(12-18)29-15-28-20/h3-7,9,11-12,15,17H,2,8,10,13-14H2,1H3,(H,28,29)(H,30,31). The number of esters is 2. The molecule has 1 atom stereocenters. The molecule has 2 heterocycles. The van der Waals surface area contributed by atoms with Crippen molar-refractivity contribution < 1.29 is 23.9 Å². The fraction of sp³-hybridized carbons (Fsp3) is 0.259. The van der Waals surface area contributed by atoms with Crippen LogP contribution < -0.4 is 5.32 Å². The van der Waals surface area contributed by atoms with E-state index in [2.05, 4.69) is 27.4 Å². The molecule has 0 bridgehead atoms. The number of hydrogen-bond donors (Lipinski definition) is 2. The average molecular weight is 504 g/mol. The molecule has 184 valence electrons. The molecule has 0 radical (unpaired) electrons. The molecule has 0 spiro atoms. The highest BCUT2D eigenvalue weighted by molar-refractivity contribution is 7.17. The third-order valence-corrected chi connectivity index (χ3v) is 7.43. The number of thiophene rings is 1. The summed E-state index contributed by atoms with van der Waals surface area (Å²) in [7, 11) is 0. The van der Waals surface area contributed by atoms with Gasteiger partial charge in [-0.05, 0) is 61.4 Å². The maximum atomic E-state index is 12.8. The molecule has 2 aromatic carbocycles. The molecule has 1 aliphatic carbocycles. The number of ether oxygens (including phenoxy) is 2. The van der Waals surface area contributed by atoms with E-state index in [9.17, 15) is 14.4 Å². The maximum Gasteiger partial charge on any atom is 0.341 e. The number of H-pyrrole nitrogens is 1. The number of nitrogens with one attached hydrogen (secondary N) is 2. The Labute approximate surface area is 211 Å². The SMILES string of the molecule is CCOC(=O)c1c(NC(=O)COC(=O)c2ccc3nc[nH]c3c2)sc2c1CCC(c1ccccc1)C2. The molecule has 1 amide bonds. The van der Waals surface area contributed by atoms with E-state index in [0.717, 1.165) is 35.2 Å². The van der Waals surface area contributed by atoms with Crippen LogP contribution in [0.5, 0.6) is 0 Å². The largest absolute Gasteiger partial charge is 0.462 e. The number of carbonyl (C=O) groups is 3. The average Bonchev–Trinajstić information content (AvgIpc) is 3.51. The molecule has 36 heavy (non-hydrogen) atoms. The van der Waals surface area contributed by atoms with E-state index in [1.807, 2.05) is 18.2 Å². The molecule has 0 saturated heterocycles. The third-order valence-electron chi connectivity index (χ3n) is 6.26. The Morgan fingerprint density at radius 2 is 1.94 bits per heavy atom. The van der Waals surface area contributed by atoms with E-state index in [-0.39, 0.29) is 6.61 Å². The fourth-order valence-corrected chi connectivity index (χ4v) is 5.87. The lowest BCUT2D eigenvalue weighted by Crippen LogP contribution is -2.22. The van der Waals surface area contributed by atoms with Gasteiger partial charge in [0.05, 0.1) is 35.1 Å². The number of hydrogen-bond acceptors (Lipinski definition) is 7. The third kappa shape index (κ3) is 4.87. The second kappa shape index (κ2) is 10.3. The lowest BCUT2D eigenvalue weighted by atomic mass is 9.83. The van der Waals surface area contributed by atoms with Crippen LogP contribution in [0, 0.1) is 0 Å². The molecule has 2 aromatic heterocycles. The molecular weight excluding hydrogens is 478 g/mol. The van der Waals surface area contributed by atoms with Crippen LogP contribution in [0.15, 0.2) is 54.9 Å². The molecule has 4 aromatic rings. The molecule has 1 unspecified atom stereocenters. The first-order chi connectivity index (χ1) is 17.5. The summed E-state index contributed by atoms with van der Waals surface area (Å²) >= 11 is 1.39. The molecular formula is C27H25N3O5S. The number of imidazole rings is 1. The van der Waals surface area contributed by atoms with Gasteiger partial charge in [-0.1, -0.05) is 30.3 Å². The first kappa shape index (κ1) is 23.7. The van der Waals surface area contributed by atoms with Gasteiger partial charge >= 0.3 is 11.9 Å². The van der Waals surface area contributed by atoms with Gasteiger partial charge in [-0.25, -0.2) is 14.6 Å². The summed E-state index contributed by atoms with van der Waals surface area (Å²) in [5, 5.41) is 3.22. The Morgan fingerprint density at radius 1 is 1.11 bits per heavy atom. The van der Waals surface area contributed by atoms with Crippen LogP contribution in [0.2, 0.25) is 0 Å². The lowest BCUT2D eigenvalue weighted by molar-refractivity contribution is -0.119. The molecule has 0 saturated carbocycles. The number of benzene rings is 2. The van der Waals surface area contributed by atoms with Gasteiger partial charge in [0.2, 0.25) is 0 Å². The minimum absolute atomic E-state index is 0.238. The molecule has 8 nitrogen and oxygen atoms in total. The second-order valence-electron chi connectivity index (χ2n) is 8.54. The summed E-state index contributed by atoms with van der Waals surface area (Å²) < 4.78 is 10.5. The van der Waals surface area contributed by atoms with E-state index in [4.69, 9.17) is 9.47 Å². The van der Waals surface area contributed by atoms with Gasteiger partial charge in [0.1, 0.15) is 5.00 Å². The van der Waals surface area contributed by atoms with Crippen molar-refractivity contribution in [3.05, 3.63) is 82.0 Å². The number of aromatic nitrogens is 2. The Morgan fingerprint density at radius 3 is 2.75 bits per heavy atom. The van der Waals surface area contributed by atoms with Crippen molar-refractivity contribution in [1.82, 2.24) is 9.97 Å². The maximum absolute atomic E-state index is 12.8. The number of rotatable bonds is 7. The van der Waals surface area contributed by atoms with Gasteiger partial charge in [0.15, 0.2) is 6.61 Å². The van der Waals surface area contributed by atoms with Gasteiger partial charge in [-0.3, -0.25) is 4.79 Å². The van der Waals surface area contributed by atoms with E-state index < -0.39 is 24.5 Å². The summed E-state index contributed by atoms with van der Waals surface area (Å²) in [6.45, 7) is 1.51. The van der Waals surface area contributed by atoms with E-state index in [1.54, 1.807) is 25.1 Å². The van der Waals surface area contributed by atoms with Crippen molar-refractivity contribution in [3.63, 3.8) is 0 Å². The second-order valence-corrected chi connectivity index (χ2v) is 9.64. The quantitative estimate of drug-likeness (QED) is 0.348. The molecule has 0 aliphatic heterocycles. The van der Waals surface area contributed by atoms with Crippen LogP contribution in [0.25, 0.3) is 11.0 Å². The predicted octanol–water partition coefficient (Wildman–Crippen LogP) is 4.87. The number of amides is 1. The highest BCUT2D eigenvalue weighted by Crippen LogP contribution is 2.42. The highest BCUT2D eigenvalue weighted by Gasteiger charge is 2.31. The number of carbonyl (C=O) groups excluding carboxylic acids is 3. The fourth-order valence-electron chi connectivity index (χ4n) is 4.54. The van der Waals surface area contributed by atoms with Crippen molar-refractivity contribution in [2.45, 2.75) is 32.1 Å². The summed E-state index contributed by atoms with van der Waals surface area (Å²) in [4.78, 5) is 46.1. The molecule has 2 N–H and O–H groups in total. The van der Waals surface area contributed by atoms with Crippen LogP contribution in [-0.4, -0.2) is 41.0 Å². The Kier molecular flexibility index (Phi) is 6.81. The minimum Gasteiger partial charge on any atom is -0.462 e. The molecule has 9 heteroatoms. The van der Waals surface area contributed by atoms with E-state index >= 15 is 0 Å². The zero-order valence-electron chi connectivity index (χ0n) is 19.7. The van der Waals surface area contributed by atoms with E-state index in [1.165, 1.54) is 23.2 Å². The van der Waals surface area contributed by atoms with Crippen molar-refractivity contribution in [3.8, 4) is 0 Å². The summed E-state index contributed by atoms with van der Waals surface area (Å²) in [6, 6.07) is 15.2. The summed E-state index contributed by atoms with van der Waals surface area (Å²) in [5.41, 5.74) is 4.35. The van der Waals surface area contributed by atoms with Gasteiger partial charge in [0.25, 0.3) is 5.91 Å². The van der Waals surface area contributed by atoms with Crippen molar-refractivity contribution in [2.24, 2.45) is 0 Å². The number of fused-ring (bicyclic) bond motifs is 2. The van der Waals surface area contributed by atoms with Crippen LogP contribution in [-0.2, 0) is 27.1 Å². The summed E-state index contributed by atoms with van der Waals surface area (Å²) in [6.07, 6.45) is 3.96. The van der Waals surface area contributed by atoms with Crippen molar-refractivity contribution in [1.29, 1.82) is 0 Å². The number of aromatic amines is 1. The number of anilines is 1. The van der Waals surface area contributed by atoms with Crippen LogP contribution >= 0.6 is 11.3 Å². The van der Waals surface area contributed by atoms with Crippen molar-refractivity contribution >= 4 is 45.2 Å². The number of nitrogens with zero attached hydrogens (tertiary/aromatic N) is 1. The molecule has 0 fully saturated rings. The smallest absolute Gasteiger partial charge is 0.341 e. The van der Waals surface area contributed by atoms with Gasteiger partial charge in [-0.15, -0.1) is 11.3 Å². The van der Waals surface area contributed by atoms with Crippen LogP contribution in [0.4, 0.5) is 5.00 Å². The first-order valence-electron chi connectivity index (χ1n) is 11.8. The van der Waals surface area contributed by atoms with E-state index in [0.29, 0.717) is 27.6 Å². The molecule has 1 aliphatic rings. The summed E-state index contributed by atoms with van der Waals surface area (Å²) in [5.74, 6) is -1.24. The highest BCUT2D eigenvalue weighted by atomic mass is 32.1. The van der Waals surface area contributed by atoms with Gasteiger partial charge in [0, 0.05) is 4.88 Å². The van der Waals surface area contributed by atoms with Crippen LogP contribution in [0.1, 0.15) is 56.0 Å². The predicted molar refractivity (Wildman–Crippen MR) is 136 cm³/mol. The van der Waals surface area contributed by atoms with Gasteiger partial charge < -0.3 is 19.8 Å². The van der Waals surface area contributed by atoms with Crippen LogP contribution in [0.3, 0.4) is 0 Å². The normalized spacial score (nSPS) is 14.8. The first-order valence-corrected chi connectivity index (χ1v) is 12.6.